The molecule has 1 N–H and O–H groups in total. The summed E-state index contributed by atoms with van der Waals surface area (Å²) in [5, 5.41) is 3.51. The molecule has 2 amide bonds. The van der Waals surface area contributed by atoms with E-state index in [2.05, 4.69) is 17.1 Å². The number of urea groups is 1. The van der Waals surface area contributed by atoms with Crippen molar-refractivity contribution in [2.75, 3.05) is 50.8 Å². The van der Waals surface area contributed by atoms with E-state index in [9.17, 15) is 9.59 Å². The average molecular weight is 430 g/mol. The maximum Gasteiger partial charge on any atom is 0.317 e. The summed E-state index contributed by atoms with van der Waals surface area (Å²) in [7, 11) is 0. The first-order chi connectivity index (χ1) is 15.1. The number of fused-ring (bicyclic) bond motifs is 2. The Hall–Kier alpha value is -2.97. The predicted molar refractivity (Wildman–Crippen MR) is 119 cm³/mol. The SMILES string of the molecule is CCCCNC(=O)N1CCN(c2nc3cc4c(cc3c(=O)n2CCC)OCCO4)CC1. The standard InChI is InChI=1S/C22H31N5O4/c1-3-5-6-23-22(29)26-10-8-25(9-11-26)21-24-17-15-19-18(30-12-13-31-19)14-16(17)20(28)27(21)7-4-2/h14-15H,3-13H2,1-2H3,(H,23,29). The van der Waals surface area contributed by atoms with Crippen LogP contribution in [0.5, 0.6) is 11.5 Å². The fourth-order valence-electron chi connectivity index (χ4n) is 4.01. The lowest BCUT2D eigenvalue weighted by atomic mass is 10.2. The second-order valence-electron chi connectivity index (χ2n) is 7.94. The number of nitrogens with zero attached hydrogens (tertiary/aromatic N) is 4. The van der Waals surface area contributed by atoms with Crippen molar-refractivity contribution in [3.63, 3.8) is 0 Å². The van der Waals surface area contributed by atoms with Gasteiger partial charge in [-0.2, -0.15) is 0 Å². The number of hydrogen-bond acceptors (Lipinski definition) is 6. The number of hydrogen-bond donors (Lipinski definition) is 1. The van der Waals surface area contributed by atoms with Crippen LogP contribution in [0, 0.1) is 0 Å². The van der Waals surface area contributed by atoms with Gasteiger partial charge in [0.05, 0.1) is 10.9 Å². The Morgan fingerprint density at radius 3 is 2.45 bits per heavy atom. The van der Waals surface area contributed by atoms with Gasteiger partial charge in [-0.15, -0.1) is 0 Å². The number of aromatic nitrogens is 2. The summed E-state index contributed by atoms with van der Waals surface area (Å²) in [6.07, 6.45) is 2.86. The van der Waals surface area contributed by atoms with E-state index in [1.165, 1.54) is 0 Å². The van der Waals surface area contributed by atoms with E-state index in [4.69, 9.17) is 14.5 Å². The number of ether oxygens (including phenoxy) is 2. The lowest BCUT2D eigenvalue weighted by Crippen LogP contribution is -2.53. The van der Waals surface area contributed by atoms with Crippen LogP contribution in [0.2, 0.25) is 0 Å². The Bertz CT molecular complexity index is 998. The third-order valence-corrected chi connectivity index (χ3v) is 5.70. The molecule has 0 spiro atoms. The van der Waals surface area contributed by atoms with Crippen LogP contribution < -0.4 is 25.2 Å². The van der Waals surface area contributed by atoms with Crippen LogP contribution in [-0.2, 0) is 6.54 Å². The summed E-state index contributed by atoms with van der Waals surface area (Å²) >= 11 is 0. The average Bonchev–Trinajstić information content (AvgIpc) is 2.80. The van der Waals surface area contributed by atoms with Crippen molar-refractivity contribution in [2.45, 2.75) is 39.7 Å². The molecule has 9 nitrogen and oxygen atoms in total. The molecular formula is C22H31N5O4. The molecule has 168 valence electrons. The molecule has 3 heterocycles. The first kappa shape index (κ1) is 21.3. The number of carbonyl (C=O) groups is 1. The quantitative estimate of drug-likeness (QED) is 0.709. The maximum absolute atomic E-state index is 13.3. The zero-order chi connectivity index (χ0) is 21.8. The van der Waals surface area contributed by atoms with Crippen molar-refractivity contribution in [1.29, 1.82) is 0 Å². The molecule has 1 saturated heterocycles. The monoisotopic (exact) mass is 429 g/mol. The molecular weight excluding hydrogens is 398 g/mol. The van der Waals surface area contributed by atoms with Crippen LogP contribution in [0.3, 0.4) is 0 Å². The Labute approximate surface area is 181 Å². The van der Waals surface area contributed by atoms with E-state index in [1.807, 2.05) is 11.8 Å². The van der Waals surface area contributed by atoms with E-state index in [1.54, 1.807) is 16.7 Å². The second kappa shape index (κ2) is 9.45. The van der Waals surface area contributed by atoms with E-state index >= 15 is 0 Å². The number of nitrogens with one attached hydrogen (secondary N) is 1. The molecule has 9 heteroatoms. The Morgan fingerprint density at radius 2 is 1.77 bits per heavy atom. The molecule has 0 bridgehead atoms. The zero-order valence-electron chi connectivity index (χ0n) is 18.4. The highest BCUT2D eigenvalue weighted by atomic mass is 16.6. The van der Waals surface area contributed by atoms with Crippen molar-refractivity contribution < 1.29 is 14.3 Å². The van der Waals surface area contributed by atoms with E-state index in [-0.39, 0.29) is 11.6 Å². The predicted octanol–water partition coefficient (Wildman–Crippen LogP) is 2.21. The minimum absolute atomic E-state index is 0.0192. The summed E-state index contributed by atoms with van der Waals surface area (Å²) in [6.45, 7) is 8.86. The van der Waals surface area contributed by atoms with Gasteiger partial charge in [0.2, 0.25) is 5.95 Å². The maximum atomic E-state index is 13.3. The highest BCUT2D eigenvalue weighted by Gasteiger charge is 2.25. The highest BCUT2D eigenvalue weighted by molar-refractivity contribution is 5.83. The lowest BCUT2D eigenvalue weighted by Gasteiger charge is -2.36. The summed E-state index contributed by atoms with van der Waals surface area (Å²) in [5.41, 5.74) is 0.537. The van der Waals surface area contributed by atoms with E-state index in [0.29, 0.717) is 80.8 Å². The molecule has 1 aromatic carbocycles. The Balaban J connectivity index is 1.59. The minimum atomic E-state index is -0.0708. The number of amides is 2. The molecule has 31 heavy (non-hydrogen) atoms. The minimum Gasteiger partial charge on any atom is -0.486 e. The van der Waals surface area contributed by atoms with Gasteiger partial charge in [-0.25, -0.2) is 9.78 Å². The summed E-state index contributed by atoms with van der Waals surface area (Å²) in [4.78, 5) is 34.4. The molecule has 2 aliphatic heterocycles. The van der Waals surface area contributed by atoms with Crippen molar-refractivity contribution in [3.8, 4) is 11.5 Å². The van der Waals surface area contributed by atoms with Crippen molar-refractivity contribution >= 4 is 22.9 Å². The van der Waals surface area contributed by atoms with Gasteiger partial charge in [0.1, 0.15) is 13.2 Å². The van der Waals surface area contributed by atoms with Crippen molar-refractivity contribution in [2.24, 2.45) is 0 Å². The number of carbonyl (C=O) groups excluding carboxylic acids is 1. The summed E-state index contributed by atoms with van der Waals surface area (Å²) in [6, 6.07) is 3.52. The molecule has 2 aromatic rings. The molecule has 4 rings (SSSR count). The van der Waals surface area contributed by atoms with Crippen LogP contribution in [0.4, 0.5) is 10.7 Å². The number of piperazine rings is 1. The number of anilines is 1. The summed E-state index contributed by atoms with van der Waals surface area (Å²) < 4.78 is 13.1. The van der Waals surface area contributed by atoms with Gasteiger partial charge >= 0.3 is 6.03 Å². The second-order valence-corrected chi connectivity index (χ2v) is 7.94. The number of unbranched alkanes of at least 4 members (excludes halogenated alkanes) is 1. The number of benzene rings is 1. The molecule has 2 aliphatic rings. The molecule has 0 atom stereocenters. The van der Waals surface area contributed by atoms with Gasteiger partial charge in [0, 0.05) is 45.3 Å². The Morgan fingerprint density at radius 1 is 1.06 bits per heavy atom. The third-order valence-electron chi connectivity index (χ3n) is 5.70. The first-order valence-corrected chi connectivity index (χ1v) is 11.2. The largest absolute Gasteiger partial charge is 0.486 e. The van der Waals surface area contributed by atoms with Gasteiger partial charge in [-0.1, -0.05) is 20.3 Å². The van der Waals surface area contributed by atoms with Crippen LogP contribution in [0.15, 0.2) is 16.9 Å². The molecule has 0 aliphatic carbocycles. The number of rotatable bonds is 6. The first-order valence-electron chi connectivity index (χ1n) is 11.2. The molecule has 0 radical (unpaired) electrons. The zero-order valence-corrected chi connectivity index (χ0v) is 18.4. The Kier molecular flexibility index (Phi) is 6.48. The molecule has 1 fully saturated rings. The molecule has 0 saturated carbocycles. The third kappa shape index (κ3) is 4.40. The summed E-state index contributed by atoms with van der Waals surface area (Å²) in [5.74, 6) is 1.87. The van der Waals surface area contributed by atoms with Crippen molar-refractivity contribution in [1.82, 2.24) is 19.8 Å². The van der Waals surface area contributed by atoms with Gasteiger partial charge < -0.3 is 24.6 Å². The topological polar surface area (TPSA) is 88.9 Å². The fraction of sp³-hybridized carbons (Fsp3) is 0.591. The van der Waals surface area contributed by atoms with Gasteiger partial charge in [0.25, 0.3) is 5.56 Å². The molecule has 0 unspecified atom stereocenters. The van der Waals surface area contributed by atoms with Gasteiger partial charge in [-0.3, -0.25) is 9.36 Å². The highest BCUT2D eigenvalue weighted by Crippen LogP contribution is 2.33. The van der Waals surface area contributed by atoms with Gasteiger partial charge in [0.15, 0.2) is 11.5 Å². The van der Waals surface area contributed by atoms with Crippen LogP contribution in [0.25, 0.3) is 10.9 Å². The van der Waals surface area contributed by atoms with E-state index in [0.717, 1.165) is 19.3 Å². The van der Waals surface area contributed by atoms with Crippen molar-refractivity contribution in [3.05, 3.63) is 22.5 Å². The van der Waals surface area contributed by atoms with Crippen LogP contribution in [-0.4, -0.2) is 66.4 Å². The lowest BCUT2D eigenvalue weighted by molar-refractivity contribution is 0.172. The van der Waals surface area contributed by atoms with E-state index < -0.39 is 0 Å². The van der Waals surface area contributed by atoms with Crippen LogP contribution in [0.1, 0.15) is 33.1 Å². The molecule has 1 aromatic heterocycles. The van der Waals surface area contributed by atoms with Crippen LogP contribution >= 0.6 is 0 Å². The fourth-order valence-corrected chi connectivity index (χ4v) is 4.01. The normalized spacial score (nSPS) is 15.9. The smallest absolute Gasteiger partial charge is 0.317 e. The van der Waals surface area contributed by atoms with Gasteiger partial charge in [-0.05, 0) is 18.9 Å².